The Labute approximate surface area is 136 Å². The zero-order chi connectivity index (χ0) is 14.1. The highest BCUT2D eigenvalue weighted by Crippen LogP contribution is 2.29. The third-order valence-corrected chi connectivity index (χ3v) is 4.14. The molecule has 0 radical (unpaired) electrons. The van der Waals surface area contributed by atoms with Gasteiger partial charge in [-0.2, -0.15) is 4.98 Å². The van der Waals surface area contributed by atoms with E-state index in [1.807, 2.05) is 40.8 Å². The van der Waals surface area contributed by atoms with Gasteiger partial charge in [-0.25, -0.2) is 0 Å². The first-order chi connectivity index (χ1) is 9.65. The van der Waals surface area contributed by atoms with Crippen LogP contribution >= 0.6 is 38.5 Å². The van der Waals surface area contributed by atoms with E-state index in [2.05, 4.69) is 31.1 Å². The summed E-state index contributed by atoms with van der Waals surface area (Å²) >= 11 is 5.44. The van der Waals surface area contributed by atoms with E-state index in [0.29, 0.717) is 23.0 Å². The van der Waals surface area contributed by atoms with Crippen LogP contribution in [0.3, 0.4) is 0 Å². The van der Waals surface area contributed by atoms with Crippen LogP contribution in [0, 0.1) is 3.57 Å². The molecule has 1 aromatic carbocycles. The number of hydrogen-bond donors (Lipinski definition) is 1. The van der Waals surface area contributed by atoms with Crippen molar-refractivity contribution < 1.29 is 9.63 Å². The Morgan fingerprint density at radius 3 is 2.85 bits per heavy atom. The molecule has 100 valence electrons. The van der Waals surface area contributed by atoms with E-state index in [4.69, 9.17) is 4.52 Å². The molecule has 0 amide bonds. The van der Waals surface area contributed by atoms with E-state index in [1.54, 1.807) is 18.3 Å². The molecule has 0 atom stereocenters. The lowest BCUT2D eigenvalue weighted by atomic mass is 10.2. The molecule has 7 heteroatoms. The van der Waals surface area contributed by atoms with Gasteiger partial charge in [-0.05, 0) is 68.9 Å². The molecule has 3 rings (SSSR count). The van der Waals surface area contributed by atoms with Gasteiger partial charge in [-0.15, -0.1) is 0 Å². The molecule has 0 aliphatic carbocycles. The summed E-state index contributed by atoms with van der Waals surface area (Å²) in [6.45, 7) is 0. The molecule has 5 nitrogen and oxygen atoms in total. The van der Waals surface area contributed by atoms with Crippen molar-refractivity contribution in [2.24, 2.45) is 0 Å². The largest absolute Gasteiger partial charge is 0.507 e. The van der Waals surface area contributed by atoms with E-state index in [-0.39, 0.29) is 5.75 Å². The molecule has 0 spiro atoms. The molecule has 0 saturated heterocycles. The molecule has 0 aliphatic heterocycles. The van der Waals surface area contributed by atoms with Gasteiger partial charge in [-0.1, -0.05) is 5.16 Å². The van der Waals surface area contributed by atoms with Crippen molar-refractivity contribution in [3.05, 3.63) is 44.6 Å². The first-order valence-electron chi connectivity index (χ1n) is 5.58. The second-order valence-electron chi connectivity index (χ2n) is 3.92. The third kappa shape index (κ3) is 2.55. The Bertz CT molecular complexity index is 776. The number of aromatic nitrogens is 3. The normalized spacial score (nSPS) is 10.7. The molecular formula is C13H7BrIN3O2. The topological polar surface area (TPSA) is 72.0 Å². The summed E-state index contributed by atoms with van der Waals surface area (Å²) in [5, 5.41) is 13.6. The summed E-state index contributed by atoms with van der Waals surface area (Å²) in [5.74, 6) is 0.914. The van der Waals surface area contributed by atoms with Crippen molar-refractivity contribution in [2.75, 3.05) is 0 Å². The maximum absolute atomic E-state index is 9.71. The average molecular weight is 444 g/mol. The van der Waals surface area contributed by atoms with E-state index < -0.39 is 0 Å². The number of hydrogen-bond acceptors (Lipinski definition) is 5. The summed E-state index contributed by atoms with van der Waals surface area (Å²) in [7, 11) is 0. The van der Waals surface area contributed by atoms with Crippen LogP contribution in [0.2, 0.25) is 0 Å². The first kappa shape index (κ1) is 13.5. The highest BCUT2D eigenvalue weighted by molar-refractivity contribution is 14.1. The van der Waals surface area contributed by atoms with Crippen LogP contribution in [0.4, 0.5) is 0 Å². The van der Waals surface area contributed by atoms with Crippen LogP contribution in [0.15, 0.2) is 45.5 Å². The second-order valence-corrected chi connectivity index (χ2v) is 5.94. The lowest BCUT2D eigenvalue weighted by Crippen LogP contribution is -1.86. The number of phenols is 1. The Balaban J connectivity index is 2.02. The third-order valence-electron chi connectivity index (χ3n) is 2.59. The molecule has 20 heavy (non-hydrogen) atoms. The molecule has 0 aliphatic rings. The van der Waals surface area contributed by atoms with Crippen LogP contribution in [-0.2, 0) is 0 Å². The molecule has 0 bridgehead atoms. The van der Waals surface area contributed by atoms with Gasteiger partial charge in [0, 0.05) is 16.2 Å². The smallest absolute Gasteiger partial charge is 0.258 e. The number of rotatable bonds is 2. The van der Waals surface area contributed by atoms with Crippen LogP contribution < -0.4 is 0 Å². The monoisotopic (exact) mass is 443 g/mol. The van der Waals surface area contributed by atoms with Gasteiger partial charge in [0.05, 0.1) is 3.57 Å². The van der Waals surface area contributed by atoms with Crippen molar-refractivity contribution in [2.45, 2.75) is 0 Å². The number of aromatic hydroxyl groups is 1. The van der Waals surface area contributed by atoms with Crippen LogP contribution in [0.5, 0.6) is 5.75 Å². The van der Waals surface area contributed by atoms with Crippen LogP contribution in [0.25, 0.3) is 23.0 Å². The quantitative estimate of drug-likeness (QED) is 0.608. The second kappa shape index (κ2) is 5.49. The Morgan fingerprint density at radius 1 is 1.25 bits per heavy atom. The summed E-state index contributed by atoms with van der Waals surface area (Å²) in [5.41, 5.74) is 1.27. The lowest BCUT2D eigenvalue weighted by molar-refractivity contribution is 0.431. The lowest BCUT2D eigenvalue weighted by Gasteiger charge is -1.98. The van der Waals surface area contributed by atoms with Crippen molar-refractivity contribution in [1.29, 1.82) is 0 Å². The van der Waals surface area contributed by atoms with Crippen LogP contribution in [0.1, 0.15) is 0 Å². The van der Waals surface area contributed by atoms with E-state index in [9.17, 15) is 5.11 Å². The number of nitrogens with zero attached hydrogens (tertiary/aromatic N) is 3. The van der Waals surface area contributed by atoms with Crippen molar-refractivity contribution >= 4 is 38.5 Å². The summed E-state index contributed by atoms with van der Waals surface area (Å²) in [6.07, 6.45) is 1.66. The fourth-order valence-corrected chi connectivity index (χ4v) is 2.40. The van der Waals surface area contributed by atoms with Gasteiger partial charge in [0.1, 0.15) is 11.4 Å². The summed E-state index contributed by atoms with van der Waals surface area (Å²) in [4.78, 5) is 8.50. The number of halogens is 2. The molecule has 2 aromatic heterocycles. The first-order valence-corrected chi connectivity index (χ1v) is 7.46. The molecule has 0 saturated carbocycles. The van der Waals surface area contributed by atoms with Crippen molar-refractivity contribution in [1.82, 2.24) is 15.1 Å². The van der Waals surface area contributed by atoms with Crippen LogP contribution in [-0.4, -0.2) is 20.2 Å². The maximum atomic E-state index is 9.71. The number of pyridine rings is 1. The average Bonchev–Trinajstić information content (AvgIpc) is 2.92. The zero-order valence-electron chi connectivity index (χ0n) is 9.92. The molecule has 2 heterocycles. The SMILES string of the molecule is Oc1cc(-c2nc(-c3ncccc3Br)no2)ccc1I. The van der Waals surface area contributed by atoms with Gasteiger partial charge in [0.2, 0.25) is 5.82 Å². The highest BCUT2D eigenvalue weighted by Gasteiger charge is 2.14. The van der Waals surface area contributed by atoms with Gasteiger partial charge in [0.25, 0.3) is 5.89 Å². The summed E-state index contributed by atoms with van der Waals surface area (Å²) in [6, 6.07) is 8.85. The van der Waals surface area contributed by atoms with E-state index in [0.717, 1.165) is 8.04 Å². The Hall–Kier alpha value is -1.48. The molecule has 1 N–H and O–H groups in total. The number of benzene rings is 1. The molecule has 0 unspecified atom stereocenters. The van der Waals surface area contributed by atoms with Gasteiger partial charge in [-0.3, -0.25) is 4.98 Å². The maximum Gasteiger partial charge on any atom is 0.258 e. The minimum absolute atomic E-state index is 0.182. The molecule has 3 aromatic rings. The number of phenolic OH excluding ortho intramolecular Hbond substituents is 1. The minimum atomic E-state index is 0.182. The van der Waals surface area contributed by atoms with Crippen molar-refractivity contribution in [3.63, 3.8) is 0 Å². The van der Waals surface area contributed by atoms with E-state index in [1.165, 1.54) is 0 Å². The Kier molecular flexibility index (Phi) is 3.70. The molecule has 0 fully saturated rings. The van der Waals surface area contributed by atoms with Gasteiger partial charge in [0.15, 0.2) is 0 Å². The highest BCUT2D eigenvalue weighted by atomic mass is 127. The van der Waals surface area contributed by atoms with Gasteiger partial charge < -0.3 is 9.63 Å². The van der Waals surface area contributed by atoms with Gasteiger partial charge >= 0.3 is 0 Å². The fourth-order valence-electron chi connectivity index (χ4n) is 1.63. The summed E-state index contributed by atoms with van der Waals surface area (Å²) < 4.78 is 6.77. The molecular weight excluding hydrogens is 437 g/mol. The predicted molar refractivity (Wildman–Crippen MR) is 85.0 cm³/mol. The Morgan fingerprint density at radius 2 is 2.10 bits per heavy atom. The fraction of sp³-hybridized carbons (Fsp3) is 0. The van der Waals surface area contributed by atoms with Crippen molar-refractivity contribution in [3.8, 4) is 28.7 Å². The minimum Gasteiger partial charge on any atom is -0.507 e. The standard InChI is InChI=1S/C13H7BrIN3O2/c14-8-2-1-5-16-11(8)12-17-13(20-18-12)7-3-4-9(15)10(19)6-7/h1-6,19H. The van der Waals surface area contributed by atoms with E-state index >= 15 is 0 Å². The zero-order valence-corrected chi connectivity index (χ0v) is 13.7. The predicted octanol–water partition coefficient (Wildman–Crippen LogP) is 3.87.